The lowest BCUT2D eigenvalue weighted by molar-refractivity contribution is 0.0999. The average molecular weight is 589 g/mol. The van der Waals surface area contributed by atoms with Crippen molar-refractivity contribution < 1.29 is 13.6 Å². The minimum atomic E-state index is -0.614. The Balaban J connectivity index is 1.38. The Morgan fingerprint density at radius 1 is 1.16 bits per heavy atom. The van der Waals surface area contributed by atoms with E-state index in [0.29, 0.717) is 73.8 Å². The molecule has 1 fully saturated rings. The Labute approximate surface area is 249 Å². The van der Waals surface area contributed by atoms with Crippen LogP contribution in [0.4, 0.5) is 4.39 Å². The molecule has 1 aliphatic rings. The molecular weight excluding hydrogens is 563 g/mol. The summed E-state index contributed by atoms with van der Waals surface area (Å²) in [6, 6.07) is 13.2. The third-order valence-electron chi connectivity index (χ3n) is 8.02. The number of carbonyl (C=O) groups excluding carboxylic acids is 1. The molecule has 7 rings (SSSR count). The van der Waals surface area contributed by atoms with E-state index in [1.165, 1.54) is 16.8 Å². The van der Waals surface area contributed by atoms with Gasteiger partial charge in [0.05, 0.1) is 58.7 Å². The predicted octanol–water partition coefficient (Wildman–Crippen LogP) is 4.52. The number of benzene rings is 1. The molecule has 218 valence electrons. The van der Waals surface area contributed by atoms with Crippen molar-refractivity contribution in [2.45, 2.75) is 38.8 Å². The van der Waals surface area contributed by atoms with E-state index in [4.69, 9.17) is 20.4 Å². The van der Waals surface area contributed by atoms with Crippen molar-refractivity contribution in [2.24, 2.45) is 11.7 Å². The van der Waals surface area contributed by atoms with Crippen LogP contribution in [0, 0.1) is 23.1 Å². The number of nitrogens with zero attached hydrogens (tertiary/aromatic N) is 7. The summed E-state index contributed by atoms with van der Waals surface area (Å²) in [6.07, 6.45) is 6.91. The summed E-state index contributed by atoms with van der Waals surface area (Å²) < 4.78 is 22.4. The van der Waals surface area contributed by atoms with Gasteiger partial charge in [-0.15, -0.1) is 0 Å². The third-order valence-corrected chi connectivity index (χ3v) is 8.02. The molecule has 1 atom stereocenters. The fraction of sp³-hybridized carbons (Fsp3) is 0.219. The SMILES string of the molecule is C[C@@H](c1ccc(F)cn1)n1ncc2c(-c3ccc4c(c3)oc(=O)n4Cc3ccc(C#N)cn3)c(C(N)=O)c(CC3CC3)nc21. The Hall–Kier alpha value is -5.70. The van der Waals surface area contributed by atoms with E-state index in [-0.39, 0.29) is 12.6 Å². The van der Waals surface area contributed by atoms with Crippen LogP contribution in [0.15, 0.2) is 70.3 Å². The zero-order valence-electron chi connectivity index (χ0n) is 23.6. The van der Waals surface area contributed by atoms with Crippen molar-refractivity contribution in [2.75, 3.05) is 0 Å². The first kappa shape index (κ1) is 27.2. The molecule has 5 heterocycles. The molecule has 1 amide bonds. The third kappa shape index (κ3) is 4.78. The van der Waals surface area contributed by atoms with E-state index < -0.39 is 17.5 Å². The monoisotopic (exact) mass is 588 g/mol. The van der Waals surface area contributed by atoms with Crippen molar-refractivity contribution in [1.82, 2.24) is 29.3 Å². The summed E-state index contributed by atoms with van der Waals surface area (Å²) in [6.45, 7) is 2.04. The van der Waals surface area contributed by atoms with Gasteiger partial charge in [-0.1, -0.05) is 6.07 Å². The molecule has 0 radical (unpaired) electrons. The Bertz CT molecular complexity index is 2170. The van der Waals surface area contributed by atoms with Gasteiger partial charge in [-0.3, -0.25) is 19.3 Å². The smallest absolute Gasteiger partial charge is 0.408 e. The lowest BCUT2D eigenvalue weighted by atomic mass is 9.93. The molecule has 44 heavy (non-hydrogen) atoms. The molecule has 1 saturated carbocycles. The largest absolute Gasteiger partial charge is 0.420 e. The van der Waals surface area contributed by atoms with E-state index in [1.807, 2.05) is 19.1 Å². The summed E-state index contributed by atoms with van der Waals surface area (Å²) in [5.74, 6) is -1.21. The van der Waals surface area contributed by atoms with Crippen LogP contribution in [-0.4, -0.2) is 35.2 Å². The van der Waals surface area contributed by atoms with Crippen molar-refractivity contribution >= 4 is 28.0 Å². The first-order valence-corrected chi connectivity index (χ1v) is 14.1. The Kier molecular flexibility index (Phi) is 6.50. The maximum Gasteiger partial charge on any atom is 0.420 e. The molecule has 0 spiro atoms. The number of oxazole rings is 1. The molecule has 12 heteroatoms. The molecular formula is C32H25FN8O3. The molecule has 0 aliphatic heterocycles. The Morgan fingerprint density at radius 2 is 2.00 bits per heavy atom. The van der Waals surface area contributed by atoms with Gasteiger partial charge in [-0.05, 0) is 74.1 Å². The summed E-state index contributed by atoms with van der Waals surface area (Å²) in [4.78, 5) is 39.4. The number of fused-ring (bicyclic) bond motifs is 2. The second kappa shape index (κ2) is 10.5. The number of aromatic nitrogens is 6. The van der Waals surface area contributed by atoms with E-state index in [2.05, 4.69) is 15.1 Å². The molecule has 2 N–H and O–H groups in total. The van der Waals surface area contributed by atoms with Gasteiger partial charge in [-0.25, -0.2) is 18.9 Å². The predicted molar refractivity (Wildman–Crippen MR) is 158 cm³/mol. The highest BCUT2D eigenvalue weighted by molar-refractivity contribution is 6.09. The number of nitriles is 1. The van der Waals surface area contributed by atoms with Crippen LogP contribution >= 0.6 is 0 Å². The number of rotatable bonds is 8. The van der Waals surface area contributed by atoms with Gasteiger partial charge >= 0.3 is 5.76 Å². The van der Waals surface area contributed by atoms with Gasteiger partial charge in [0.15, 0.2) is 11.2 Å². The number of pyridine rings is 3. The quantitative estimate of drug-likeness (QED) is 0.272. The minimum absolute atomic E-state index is 0.149. The standard InChI is InChI=1S/C32H25FN8O3/c1-17(24-8-6-21(33)14-37-24)41-31-23(15-38-41)28(29(30(35)42)25(39-31)10-18-2-3-18)20-5-9-26-27(11-20)44-32(43)40(26)16-22-7-4-19(12-34)13-36-22/h4-9,11,13-15,17-18H,2-3,10,16H2,1H3,(H2,35,42)/t17-/m0/s1. The number of hydrogen-bond donors (Lipinski definition) is 1. The molecule has 1 aromatic carbocycles. The van der Waals surface area contributed by atoms with Gasteiger partial charge < -0.3 is 10.2 Å². The topological polar surface area (TPSA) is 159 Å². The second-order valence-corrected chi connectivity index (χ2v) is 11.0. The first-order chi connectivity index (χ1) is 21.3. The molecule has 5 aromatic heterocycles. The van der Waals surface area contributed by atoms with Crippen LogP contribution in [0.1, 0.15) is 58.8 Å². The number of hydrogen-bond acceptors (Lipinski definition) is 8. The van der Waals surface area contributed by atoms with E-state index in [0.717, 1.165) is 19.0 Å². The lowest BCUT2D eigenvalue weighted by Crippen LogP contribution is -2.18. The van der Waals surface area contributed by atoms with E-state index >= 15 is 0 Å². The molecule has 6 aromatic rings. The van der Waals surface area contributed by atoms with Crippen molar-refractivity contribution in [3.63, 3.8) is 0 Å². The lowest BCUT2D eigenvalue weighted by Gasteiger charge is -2.16. The fourth-order valence-corrected chi connectivity index (χ4v) is 5.58. The number of primary amides is 1. The van der Waals surface area contributed by atoms with Crippen LogP contribution in [0.3, 0.4) is 0 Å². The highest BCUT2D eigenvalue weighted by Gasteiger charge is 2.30. The fourth-order valence-electron chi connectivity index (χ4n) is 5.58. The number of nitrogens with two attached hydrogens (primary N) is 1. The zero-order chi connectivity index (χ0) is 30.5. The summed E-state index contributed by atoms with van der Waals surface area (Å²) in [7, 11) is 0. The van der Waals surface area contributed by atoms with E-state index in [1.54, 1.807) is 41.2 Å². The van der Waals surface area contributed by atoms with Crippen LogP contribution in [0.5, 0.6) is 0 Å². The molecule has 1 aliphatic carbocycles. The zero-order valence-corrected chi connectivity index (χ0v) is 23.6. The summed E-state index contributed by atoms with van der Waals surface area (Å²) >= 11 is 0. The second-order valence-electron chi connectivity index (χ2n) is 11.0. The summed E-state index contributed by atoms with van der Waals surface area (Å²) in [5.41, 5.74) is 11.1. The Morgan fingerprint density at radius 3 is 2.68 bits per heavy atom. The molecule has 0 unspecified atom stereocenters. The number of halogens is 1. The average Bonchev–Trinajstić information content (AvgIpc) is 3.65. The molecule has 0 bridgehead atoms. The van der Waals surface area contributed by atoms with Gasteiger partial charge in [0.25, 0.3) is 5.91 Å². The first-order valence-electron chi connectivity index (χ1n) is 14.1. The molecule has 0 saturated heterocycles. The minimum Gasteiger partial charge on any atom is -0.408 e. The maximum absolute atomic E-state index is 13.6. The van der Waals surface area contributed by atoms with E-state index in [9.17, 15) is 14.0 Å². The van der Waals surface area contributed by atoms with Crippen molar-refractivity contribution in [3.05, 3.63) is 106 Å². The van der Waals surface area contributed by atoms with Crippen LogP contribution in [-0.2, 0) is 13.0 Å². The normalized spacial score (nSPS) is 13.8. The van der Waals surface area contributed by atoms with Gasteiger partial charge in [0, 0.05) is 17.1 Å². The van der Waals surface area contributed by atoms with Crippen molar-refractivity contribution in [3.8, 4) is 17.2 Å². The van der Waals surface area contributed by atoms with Gasteiger partial charge in [0.2, 0.25) is 0 Å². The highest BCUT2D eigenvalue weighted by Crippen LogP contribution is 2.39. The van der Waals surface area contributed by atoms with Crippen molar-refractivity contribution in [1.29, 1.82) is 5.26 Å². The summed E-state index contributed by atoms with van der Waals surface area (Å²) in [5, 5.41) is 14.3. The van der Waals surface area contributed by atoms with Gasteiger partial charge in [-0.2, -0.15) is 10.4 Å². The van der Waals surface area contributed by atoms with Crippen LogP contribution in [0.25, 0.3) is 33.3 Å². The van der Waals surface area contributed by atoms with Crippen LogP contribution < -0.4 is 11.5 Å². The maximum atomic E-state index is 13.6. The van der Waals surface area contributed by atoms with Gasteiger partial charge in [0.1, 0.15) is 11.9 Å². The molecule has 11 nitrogen and oxygen atoms in total. The number of amides is 1. The van der Waals surface area contributed by atoms with Crippen LogP contribution in [0.2, 0.25) is 0 Å². The number of carbonyl (C=O) groups is 1. The highest BCUT2D eigenvalue weighted by atomic mass is 19.1.